The normalized spacial score (nSPS) is 19.9. The van der Waals surface area contributed by atoms with E-state index in [9.17, 15) is 9.90 Å². The van der Waals surface area contributed by atoms with Crippen LogP contribution in [0, 0.1) is 18.8 Å². The third-order valence-corrected chi connectivity index (χ3v) is 5.35. The van der Waals surface area contributed by atoms with Gasteiger partial charge in [0.15, 0.2) is 11.7 Å². The second-order valence-corrected chi connectivity index (χ2v) is 7.26. The fourth-order valence-corrected chi connectivity index (χ4v) is 3.69. The predicted octanol–water partition coefficient (Wildman–Crippen LogP) is 3.94. The summed E-state index contributed by atoms with van der Waals surface area (Å²) in [5.41, 5.74) is 0.939. The summed E-state index contributed by atoms with van der Waals surface area (Å²) in [5.74, 6) is 2.25. The van der Waals surface area contributed by atoms with Gasteiger partial charge in [0.05, 0.1) is 6.20 Å². The van der Waals surface area contributed by atoms with E-state index in [2.05, 4.69) is 15.3 Å². The summed E-state index contributed by atoms with van der Waals surface area (Å²) in [6, 6.07) is 7.86. The highest BCUT2D eigenvalue weighted by molar-refractivity contribution is 5.94. The van der Waals surface area contributed by atoms with Crippen molar-refractivity contribution in [3.63, 3.8) is 0 Å². The summed E-state index contributed by atoms with van der Waals surface area (Å²) >= 11 is 0. The first-order chi connectivity index (χ1) is 13.1. The zero-order valence-electron chi connectivity index (χ0n) is 15.3. The van der Waals surface area contributed by atoms with Gasteiger partial charge in [-0.25, -0.2) is 9.97 Å². The molecule has 3 aromatic rings. The Morgan fingerprint density at radius 2 is 1.96 bits per heavy atom. The van der Waals surface area contributed by atoms with Crippen LogP contribution in [0.2, 0.25) is 0 Å². The molecule has 2 heterocycles. The molecule has 6 heteroatoms. The van der Waals surface area contributed by atoms with Gasteiger partial charge in [-0.05, 0) is 49.1 Å². The molecular formula is C21H23N3O3. The number of pyridine rings is 1. The van der Waals surface area contributed by atoms with Gasteiger partial charge >= 0.3 is 0 Å². The number of aliphatic hydroxyl groups is 1. The van der Waals surface area contributed by atoms with Gasteiger partial charge in [-0.1, -0.05) is 12.1 Å². The molecule has 1 amide bonds. The number of aromatic nitrogens is 2. The maximum absolute atomic E-state index is 12.6. The first kappa shape index (κ1) is 17.7. The van der Waals surface area contributed by atoms with Crippen LogP contribution in [0.5, 0.6) is 0 Å². The van der Waals surface area contributed by atoms with E-state index in [-0.39, 0.29) is 18.4 Å². The van der Waals surface area contributed by atoms with Crippen molar-refractivity contribution in [2.24, 2.45) is 11.8 Å². The molecule has 2 aromatic heterocycles. The van der Waals surface area contributed by atoms with Crippen LogP contribution < -0.4 is 5.32 Å². The fraction of sp³-hybridized carbons (Fsp3) is 0.381. The lowest BCUT2D eigenvalue weighted by molar-refractivity contribution is -0.121. The summed E-state index contributed by atoms with van der Waals surface area (Å²) in [7, 11) is 0. The Morgan fingerprint density at radius 1 is 1.15 bits per heavy atom. The van der Waals surface area contributed by atoms with Crippen LogP contribution in [0.15, 0.2) is 41.1 Å². The number of nitrogens with zero attached hydrogens (tertiary/aromatic N) is 2. The van der Waals surface area contributed by atoms with Crippen LogP contribution in [-0.2, 0) is 4.79 Å². The number of carbonyl (C=O) groups is 1. The molecule has 0 spiro atoms. The van der Waals surface area contributed by atoms with Gasteiger partial charge in [0, 0.05) is 36.6 Å². The standard InChI is InChI=1S/C21H23N3O3/c1-13-22-11-19(27-13)16-6-7-17-10-23-20(9-18(17)8-16)24-21(26)15-4-2-14(12-25)3-5-15/h6-11,14-15,25H,2-5,12H2,1H3,(H,23,24,26)/t14-,15-. The number of carbonyl (C=O) groups excluding carboxylic acids is 1. The molecule has 1 aromatic carbocycles. The second kappa shape index (κ2) is 7.48. The van der Waals surface area contributed by atoms with Gasteiger partial charge in [-0.2, -0.15) is 0 Å². The van der Waals surface area contributed by atoms with Crippen molar-refractivity contribution in [3.8, 4) is 11.3 Å². The second-order valence-electron chi connectivity index (χ2n) is 7.26. The first-order valence-corrected chi connectivity index (χ1v) is 9.36. The van der Waals surface area contributed by atoms with E-state index in [0.29, 0.717) is 17.6 Å². The van der Waals surface area contributed by atoms with Crippen LogP contribution in [0.1, 0.15) is 31.6 Å². The Kier molecular flexibility index (Phi) is 4.90. The SMILES string of the molecule is Cc1ncc(-c2ccc3cnc(NC(=O)[C@H]4CC[C@H](CO)CC4)cc3c2)o1. The summed E-state index contributed by atoms with van der Waals surface area (Å²) in [5, 5.41) is 14.2. The number of hydrogen-bond acceptors (Lipinski definition) is 5. The maximum Gasteiger partial charge on any atom is 0.228 e. The Morgan fingerprint density at radius 3 is 2.67 bits per heavy atom. The van der Waals surface area contributed by atoms with E-state index in [1.165, 1.54) is 0 Å². The van der Waals surface area contributed by atoms with Crippen molar-refractivity contribution in [1.82, 2.24) is 9.97 Å². The van der Waals surface area contributed by atoms with E-state index in [0.717, 1.165) is 47.8 Å². The molecule has 4 rings (SSSR count). The van der Waals surface area contributed by atoms with E-state index in [1.807, 2.05) is 31.2 Å². The van der Waals surface area contributed by atoms with Crippen molar-refractivity contribution in [3.05, 3.63) is 42.5 Å². The molecular weight excluding hydrogens is 342 g/mol. The molecule has 1 aliphatic carbocycles. The predicted molar refractivity (Wildman–Crippen MR) is 103 cm³/mol. The van der Waals surface area contributed by atoms with Gasteiger partial charge in [-0.15, -0.1) is 0 Å². The zero-order valence-corrected chi connectivity index (χ0v) is 15.3. The molecule has 1 saturated carbocycles. The Labute approximate surface area is 157 Å². The summed E-state index contributed by atoms with van der Waals surface area (Å²) in [6.45, 7) is 2.03. The largest absolute Gasteiger partial charge is 0.441 e. The third kappa shape index (κ3) is 3.85. The number of rotatable bonds is 4. The van der Waals surface area contributed by atoms with Crippen molar-refractivity contribution >= 4 is 22.5 Å². The topological polar surface area (TPSA) is 88.2 Å². The van der Waals surface area contributed by atoms with E-state index in [1.54, 1.807) is 12.4 Å². The van der Waals surface area contributed by atoms with Crippen LogP contribution in [0.3, 0.4) is 0 Å². The van der Waals surface area contributed by atoms with Crippen LogP contribution in [0.25, 0.3) is 22.1 Å². The zero-order chi connectivity index (χ0) is 18.8. The molecule has 0 radical (unpaired) electrons. The van der Waals surface area contributed by atoms with Gasteiger partial charge in [0.1, 0.15) is 5.82 Å². The Balaban J connectivity index is 1.51. The lowest BCUT2D eigenvalue weighted by Crippen LogP contribution is -2.28. The minimum absolute atomic E-state index is 0.00574. The smallest absolute Gasteiger partial charge is 0.228 e. The first-order valence-electron chi connectivity index (χ1n) is 9.36. The van der Waals surface area contributed by atoms with Gasteiger partial charge < -0.3 is 14.8 Å². The number of aliphatic hydroxyl groups excluding tert-OH is 1. The highest BCUT2D eigenvalue weighted by Gasteiger charge is 2.26. The molecule has 0 aliphatic heterocycles. The summed E-state index contributed by atoms with van der Waals surface area (Å²) < 4.78 is 5.60. The number of benzene rings is 1. The molecule has 0 atom stereocenters. The quantitative estimate of drug-likeness (QED) is 0.731. The van der Waals surface area contributed by atoms with E-state index >= 15 is 0 Å². The van der Waals surface area contributed by atoms with Crippen LogP contribution in [0.4, 0.5) is 5.82 Å². The lowest BCUT2D eigenvalue weighted by atomic mass is 9.82. The summed E-state index contributed by atoms with van der Waals surface area (Å²) in [6.07, 6.45) is 6.92. The number of fused-ring (bicyclic) bond motifs is 1. The average Bonchev–Trinajstić information content (AvgIpc) is 3.14. The van der Waals surface area contributed by atoms with Crippen molar-refractivity contribution in [2.75, 3.05) is 11.9 Å². The molecule has 0 bridgehead atoms. The lowest BCUT2D eigenvalue weighted by Gasteiger charge is -2.26. The summed E-state index contributed by atoms with van der Waals surface area (Å²) in [4.78, 5) is 21.1. The average molecular weight is 365 g/mol. The molecule has 1 aliphatic rings. The van der Waals surface area contributed by atoms with Gasteiger partial charge in [0.25, 0.3) is 0 Å². The number of amides is 1. The van der Waals surface area contributed by atoms with E-state index in [4.69, 9.17) is 4.42 Å². The van der Waals surface area contributed by atoms with Gasteiger partial charge in [-0.3, -0.25) is 4.79 Å². The number of oxazole rings is 1. The third-order valence-electron chi connectivity index (χ3n) is 5.35. The highest BCUT2D eigenvalue weighted by Crippen LogP contribution is 2.30. The molecule has 0 saturated heterocycles. The van der Waals surface area contributed by atoms with Crippen LogP contribution in [-0.4, -0.2) is 27.6 Å². The number of hydrogen-bond donors (Lipinski definition) is 2. The fourth-order valence-electron chi connectivity index (χ4n) is 3.69. The number of anilines is 1. The minimum atomic E-state index is -0.00574. The molecule has 27 heavy (non-hydrogen) atoms. The Hall–Kier alpha value is -2.73. The van der Waals surface area contributed by atoms with Crippen molar-refractivity contribution in [1.29, 1.82) is 0 Å². The molecule has 1 fully saturated rings. The van der Waals surface area contributed by atoms with Crippen molar-refractivity contribution in [2.45, 2.75) is 32.6 Å². The van der Waals surface area contributed by atoms with Crippen LogP contribution >= 0.6 is 0 Å². The monoisotopic (exact) mass is 365 g/mol. The van der Waals surface area contributed by atoms with Gasteiger partial charge in [0.2, 0.25) is 5.91 Å². The molecule has 140 valence electrons. The molecule has 2 N–H and O–H groups in total. The molecule has 6 nitrogen and oxygen atoms in total. The highest BCUT2D eigenvalue weighted by atomic mass is 16.4. The number of aryl methyl sites for hydroxylation is 1. The minimum Gasteiger partial charge on any atom is -0.441 e. The number of nitrogens with one attached hydrogen (secondary N) is 1. The van der Waals surface area contributed by atoms with Crippen molar-refractivity contribution < 1.29 is 14.3 Å². The van der Waals surface area contributed by atoms with E-state index < -0.39 is 0 Å². The molecule has 0 unspecified atom stereocenters. The Bertz CT molecular complexity index is 958. The maximum atomic E-state index is 12.6.